The van der Waals surface area contributed by atoms with Crippen molar-refractivity contribution in [2.45, 2.75) is 37.8 Å². The lowest BCUT2D eigenvalue weighted by Gasteiger charge is -2.21. The molecule has 2 aliphatic rings. The molecule has 10 heteroatoms. The van der Waals surface area contributed by atoms with E-state index in [2.05, 4.69) is 31.8 Å². The molecule has 33 heavy (non-hydrogen) atoms. The first kappa shape index (κ1) is 21.6. The van der Waals surface area contributed by atoms with E-state index in [9.17, 15) is 10.4 Å². The van der Waals surface area contributed by atoms with Crippen LogP contribution in [0.3, 0.4) is 0 Å². The summed E-state index contributed by atoms with van der Waals surface area (Å²) < 4.78 is 7.49. The van der Waals surface area contributed by atoms with Crippen molar-refractivity contribution in [3.8, 4) is 17.3 Å². The second-order valence-electron chi connectivity index (χ2n) is 8.69. The summed E-state index contributed by atoms with van der Waals surface area (Å²) in [5.74, 6) is 1.07. The second kappa shape index (κ2) is 8.63. The minimum atomic E-state index is -0.462. The lowest BCUT2D eigenvalue weighted by atomic mass is 9.83. The highest BCUT2D eigenvalue weighted by molar-refractivity contribution is 6.29. The number of hydrogen-bond donors (Lipinski definition) is 3. The first-order valence-corrected chi connectivity index (χ1v) is 11.3. The minimum absolute atomic E-state index is 0.0205. The fourth-order valence-corrected chi connectivity index (χ4v) is 4.56. The predicted octanol–water partition coefficient (Wildman–Crippen LogP) is 3.46. The van der Waals surface area contributed by atoms with Gasteiger partial charge in [-0.1, -0.05) is 18.5 Å². The first-order chi connectivity index (χ1) is 16.0. The Hall–Kier alpha value is -3.19. The highest BCUT2D eigenvalue weighted by Gasteiger charge is 2.36. The molecule has 0 bridgehead atoms. The van der Waals surface area contributed by atoms with Crippen molar-refractivity contribution < 1.29 is 9.84 Å². The molecule has 0 saturated carbocycles. The Kier molecular flexibility index (Phi) is 5.66. The average Bonchev–Trinajstić information content (AvgIpc) is 3.54. The van der Waals surface area contributed by atoms with E-state index < -0.39 is 5.41 Å². The monoisotopic (exact) mass is 465 g/mol. The van der Waals surface area contributed by atoms with Crippen LogP contribution in [-0.2, 0) is 16.7 Å². The van der Waals surface area contributed by atoms with Crippen LogP contribution in [0.15, 0.2) is 30.5 Å². The first-order valence-electron chi connectivity index (χ1n) is 10.9. The van der Waals surface area contributed by atoms with Gasteiger partial charge in [-0.3, -0.25) is 0 Å². The molecular weight excluding hydrogens is 442 g/mol. The zero-order chi connectivity index (χ0) is 23.0. The van der Waals surface area contributed by atoms with Gasteiger partial charge in [-0.25, -0.2) is 14.6 Å². The molecule has 1 fully saturated rings. The summed E-state index contributed by atoms with van der Waals surface area (Å²) in [6.07, 6.45) is 3.81. The van der Waals surface area contributed by atoms with Gasteiger partial charge in [0.05, 0.1) is 36.2 Å². The van der Waals surface area contributed by atoms with Gasteiger partial charge in [0.25, 0.3) is 0 Å². The van der Waals surface area contributed by atoms with E-state index in [-0.39, 0.29) is 12.7 Å². The van der Waals surface area contributed by atoms with E-state index in [0.717, 1.165) is 36.3 Å². The summed E-state index contributed by atoms with van der Waals surface area (Å²) >= 11 is 6.16. The van der Waals surface area contributed by atoms with Gasteiger partial charge in [-0.05, 0) is 36.6 Å². The van der Waals surface area contributed by atoms with Gasteiger partial charge in [-0.2, -0.15) is 10.4 Å². The van der Waals surface area contributed by atoms with Gasteiger partial charge in [0.2, 0.25) is 5.95 Å². The Morgan fingerprint density at radius 1 is 1.42 bits per heavy atom. The molecule has 5 rings (SSSR count). The third-order valence-electron chi connectivity index (χ3n) is 6.26. The minimum Gasteiger partial charge on any atom is -0.395 e. The maximum Gasteiger partial charge on any atom is 0.228 e. The maximum atomic E-state index is 9.95. The molecule has 0 amide bonds. The van der Waals surface area contributed by atoms with Crippen molar-refractivity contribution in [2.75, 3.05) is 30.4 Å². The van der Waals surface area contributed by atoms with Crippen molar-refractivity contribution in [1.29, 1.82) is 5.26 Å². The lowest BCUT2D eigenvalue weighted by molar-refractivity contribution is 0.0945. The van der Waals surface area contributed by atoms with Crippen molar-refractivity contribution in [1.82, 2.24) is 19.7 Å². The fourth-order valence-electron chi connectivity index (χ4n) is 4.37. The number of aliphatic hydroxyl groups is 1. The maximum absolute atomic E-state index is 9.95. The number of nitrogens with zero attached hydrogens (tertiary/aromatic N) is 5. The van der Waals surface area contributed by atoms with Crippen LogP contribution in [0, 0.1) is 11.3 Å². The van der Waals surface area contributed by atoms with Gasteiger partial charge < -0.3 is 20.5 Å². The number of aliphatic hydroxyl groups excluding tert-OH is 1. The van der Waals surface area contributed by atoms with Crippen LogP contribution in [0.4, 0.5) is 17.5 Å². The van der Waals surface area contributed by atoms with E-state index in [4.69, 9.17) is 16.3 Å². The third kappa shape index (κ3) is 4.13. The number of aromatic nitrogens is 4. The molecule has 0 unspecified atom stereocenters. The predicted molar refractivity (Wildman–Crippen MR) is 125 cm³/mol. The number of fused-ring (bicyclic) bond motifs is 1. The van der Waals surface area contributed by atoms with Crippen molar-refractivity contribution in [3.05, 3.63) is 46.7 Å². The molecule has 3 N–H and O–H groups in total. The molecule has 2 aromatic heterocycles. The van der Waals surface area contributed by atoms with Gasteiger partial charge in [0, 0.05) is 36.4 Å². The molecule has 1 saturated heterocycles. The van der Waals surface area contributed by atoms with Gasteiger partial charge in [0.15, 0.2) is 5.15 Å². The quantitative estimate of drug-likeness (QED) is 0.506. The Labute approximate surface area is 196 Å². The summed E-state index contributed by atoms with van der Waals surface area (Å²) in [4.78, 5) is 9.01. The largest absolute Gasteiger partial charge is 0.395 e. The normalized spacial score (nSPS) is 21.5. The number of hydrogen-bond acceptors (Lipinski definition) is 8. The number of halogens is 1. The smallest absolute Gasteiger partial charge is 0.228 e. The number of anilines is 3. The zero-order valence-corrected chi connectivity index (χ0v) is 18.9. The molecule has 1 aromatic carbocycles. The number of nitriles is 1. The van der Waals surface area contributed by atoms with Crippen molar-refractivity contribution in [3.63, 3.8) is 0 Å². The second-order valence-corrected chi connectivity index (χ2v) is 9.08. The number of rotatable bonds is 6. The van der Waals surface area contributed by atoms with Crippen LogP contribution in [0.25, 0.3) is 11.3 Å². The van der Waals surface area contributed by atoms with Crippen LogP contribution < -0.4 is 10.6 Å². The Balaban J connectivity index is 1.46. The van der Waals surface area contributed by atoms with E-state index in [0.29, 0.717) is 41.3 Å². The summed E-state index contributed by atoms with van der Waals surface area (Å²) in [7, 11) is 0. The van der Waals surface area contributed by atoms with Crippen LogP contribution in [-0.4, -0.2) is 50.7 Å². The highest BCUT2D eigenvalue weighted by Crippen LogP contribution is 2.41. The standard InChI is InChI=1S/C23H24ClN7O2/c1-23(13-32)12-27-21-15(10-25)7-14(8-17(21)23)18-4-5-26-22(28-18)29-20-9-19(24)30-31(20)11-16-3-2-6-33-16/h4-5,7-9,16,27,32H,2-3,6,11-13H2,1H3,(H,26,28,29)/t16-,23-/m1/s1. The lowest BCUT2D eigenvalue weighted by Crippen LogP contribution is -2.28. The van der Waals surface area contributed by atoms with Gasteiger partial charge in [-0.15, -0.1) is 0 Å². The topological polar surface area (TPSA) is 121 Å². The summed E-state index contributed by atoms with van der Waals surface area (Å²) in [6.45, 7) is 3.89. The van der Waals surface area contributed by atoms with Crippen molar-refractivity contribution >= 4 is 29.1 Å². The number of benzene rings is 1. The number of ether oxygens (including phenoxy) is 1. The summed E-state index contributed by atoms with van der Waals surface area (Å²) in [5.41, 5.74) is 3.19. The van der Waals surface area contributed by atoms with Gasteiger partial charge in [0.1, 0.15) is 11.9 Å². The zero-order valence-electron chi connectivity index (χ0n) is 18.2. The van der Waals surface area contributed by atoms with Crippen LogP contribution >= 0.6 is 11.6 Å². The molecule has 0 aliphatic carbocycles. The van der Waals surface area contributed by atoms with Crippen LogP contribution in [0.2, 0.25) is 5.15 Å². The molecular formula is C23H24ClN7O2. The van der Waals surface area contributed by atoms with E-state index >= 15 is 0 Å². The van der Waals surface area contributed by atoms with Crippen molar-refractivity contribution in [2.24, 2.45) is 0 Å². The molecule has 0 spiro atoms. The Morgan fingerprint density at radius 2 is 2.30 bits per heavy atom. The fraction of sp³-hybridized carbons (Fsp3) is 0.391. The van der Waals surface area contributed by atoms with Crippen LogP contribution in [0.1, 0.15) is 30.9 Å². The molecule has 4 heterocycles. The number of nitrogens with one attached hydrogen (secondary N) is 2. The van der Waals surface area contributed by atoms with E-state index in [1.807, 2.05) is 13.0 Å². The van der Waals surface area contributed by atoms with Crippen LogP contribution in [0.5, 0.6) is 0 Å². The summed E-state index contributed by atoms with van der Waals surface area (Å²) in [6, 6.07) is 9.57. The molecule has 2 atom stereocenters. The summed E-state index contributed by atoms with van der Waals surface area (Å²) in [5, 5.41) is 30.8. The molecule has 2 aliphatic heterocycles. The average molecular weight is 466 g/mol. The third-order valence-corrected chi connectivity index (χ3v) is 6.44. The Morgan fingerprint density at radius 3 is 3.06 bits per heavy atom. The van der Waals surface area contributed by atoms with E-state index in [1.165, 1.54) is 0 Å². The molecule has 170 valence electrons. The molecule has 0 radical (unpaired) electrons. The van der Waals surface area contributed by atoms with E-state index in [1.54, 1.807) is 29.1 Å². The SMILES string of the molecule is C[C@]1(CO)CNc2c(C#N)cc(-c3ccnc(Nc4cc(Cl)nn4C[C@H]4CCCO4)n3)cc21. The molecule has 3 aromatic rings. The Bertz CT molecular complexity index is 1230. The highest BCUT2D eigenvalue weighted by atomic mass is 35.5. The molecule has 9 nitrogen and oxygen atoms in total. The van der Waals surface area contributed by atoms with Gasteiger partial charge >= 0.3 is 0 Å².